The van der Waals surface area contributed by atoms with Crippen LogP contribution in [0.15, 0.2) is 24.3 Å². The van der Waals surface area contributed by atoms with E-state index < -0.39 is 34.2 Å². The van der Waals surface area contributed by atoms with Crippen molar-refractivity contribution in [3.63, 3.8) is 0 Å². The van der Waals surface area contributed by atoms with Crippen molar-refractivity contribution in [3.05, 3.63) is 39.9 Å². The zero-order valence-corrected chi connectivity index (χ0v) is 21.5. The van der Waals surface area contributed by atoms with E-state index in [9.17, 15) is 24.5 Å². The van der Waals surface area contributed by atoms with Crippen LogP contribution in [0.25, 0.3) is 0 Å². The molecule has 0 aliphatic rings. The minimum atomic E-state index is -0.649. The summed E-state index contributed by atoms with van der Waals surface area (Å²) in [6, 6.07) is 5.49. The molecule has 11 nitrogen and oxygen atoms in total. The van der Waals surface area contributed by atoms with Crippen molar-refractivity contribution in [2.45, 2.75) is 72.0 Å². The summed E-state index contributed by atoms with van der Waals surface area (Å²) in [5.74, 6) is -0.425. The zero-order valence-electron chi connectivity index (χ0n) is 21.5. The number of hydrogen-bond donors (Lipinski definition) is 2. The third-order valence-electron chi connectivity index (χ3n) is 4.38. The standard InChI is InChI=1S/C24H38N4O7/c1-23(2,3)34-21(30)26-13-7-8-15-27(22(31)35-24(4,5)6)16-10-14-25-20(29)18-11-9-12-19(17-18)28(32)33/h9,11-12,17H,7-8,10,13-16H2,1-6H3,(H,25,29)(H,26,30). The van der Waals surface area contributed by atoms with Crippen LogP contribution in [-0.2, 0) is 9.47 Å². The van der Waals surface area contributed by atoms with Gasteiger partial charge in [-0.3, -0.25) is 14.9 Å². The molecule has 0 saturated heterocycles. The number of benzene rings is 1. The molecular weight excluding hydrogens is 456 g/mol. The number of nitrogens with zero attached hydrogens (tertiary/aromatic N) is 2. The van der Waals surface area contributed by atoms with E-state index in [0.29, 0.717) is 38.9 Å². The molecule has 196 valence electrons. The van der Waals surface area contributed by atoms with Crippen molar-refractivity contribution in [3.8, 4) is 0 Å². The Balaban J connectivity index is 2.52. The van der Waals surface area contributed by atoms with Crippen molar-refractivity contribution < 1.29 is 28.8 Å². The zero-order chi connectivity index (χ0) is 26.6. The van der Waals surface area contributed by atoms with Gasteiger partial charge in [0.25, 0.3) is 11.6 Å². The molecule has 0 fully saturated rings. The molecule has 0 spiro atoms. The predicted molar refractivity (Wildman–Crippen MR) is 131 cm³/mol. The summed E-state index contributed by atoms with van der Waals surface area (Å²) in [5.41, 5.74) is -1.18. The highest BCUT2D eigenvalue weighted by molar-refractivity contribution is 5.94. The second-order valence-corrected chi connectivity index (χ2v) is 10.0. The molecule has 3 amide bonds. The fraction of sp³-hybridized carbons (Fsp3) is 0.625. The molecule has 0 radical (unpaired) electrons. The number of nitro benzene ring substituents is 1. The van der Waals surface area contributed by atoms with Crippen molar-refractivity contribution in [1.82, 2.24) is 15.5 Å². The first kappa shape index (κ1) is 29.7. The number of ether oxygens (including phenoxy) is 2. The van der Waals surface area contributed by atoms with Crippen LogP contribution in [-0.4, -0.2) is 65.3 Å². The third-order valence-corrected chi connectivity index (χ3v) is 4.38. The van der Waals surface area contributed by atoms with E-state index in [1.54, 1.807) is 46.4 Å². The molecule has 0 heterocycles. The Labute approximate surface area is 206 Å². The number of amides is 3. The van der Waals surface area contributed by atoms with E-state index in [1.807, 2.05) is 0 Å². The molecule has 0 aliphatic carbocycles. The number of unbranched alkanes of at least 4 members (excludes halogenated alkanes) is 1. The molecule has 0 saturated carbocycles. The number of rotatable bonds is 11. The molecule has 0 aliphatic heterocycles. The topological polar surface area (TPSA) is 140 Å². The Bertz CT molecular complexity index is 875. The van der Waals surface area contributed by atoms with Gasteiger partial charge in [-0.15, -0.1) is 0 Å². The van der Waals surface area contributed by atoms with E-state index >= 15 is 0 Å². The maximum atomic E-state index is 12.6. The summed E-state index contributed by atoms with van der Waals surface area (Å²) in [4.78, 5) is 48.5. The Morgan fingerprint density at radius 2 is 1.51 bits per heavy atom. The van der Waals surface area contributed by atoms with Crippen molar-refractivity contribution >= 4 is 23.8 Å². The lowest BCUT2D eigenvalue weighted by atomic mass is 10.2. The lowest BCUT2D eigenvalue weighted by Crippen LogP contribution is -2.39. The monoisotopic (exact) mass is 494 g/mol. The molecule has 1 aromatic carbocycles. The SMILES string of the molecule is CC(C)(C)OC(=O)NCCCCN(CCCNC(=O)c1cccc([N+](=O)[O-])c1)C(=O)OC(C)(C)C. The molecule has 11 heteroatoms. The molecule has 2 N–H and O–H groups in total. The predicted octanol–water partition coefficient (Wildman–Crippen LogP) is 4.26. The quantitative estimate of drug-likeness (QED) is 0.266. The average molecular weight is 495 g/mol. The van der Waals surface area contributed by atoms with Gasteiger partial charge in [-0.05, 0) is 66.9 Å². The maximum absolute atomic E-state index is 12.6. The maximum Gasteiger partial charge on any atom is 0.410 e. The molecule has 0 atom stereocenters. The average Bonchev–Trinajstić information content (AvgIpc) is 2.72. The summed E-state index contributed by atoms with van der Waals surface area (Å²) in [6.45, 7) is 12.2. The van der Waals surface area contributed by atoms with Gasteiger partial charge < -0.3 is 25.0 Å². The number of carbonyl (C=O) groups excluding carboxylic acids is 3. The largest absolute Gasteiger partial charge is 0.444 e. The highest BCUT2D eigenvalue weighted by Gasteiger charge is 2.22. The number of nitrogens with one attached hydrogen (secondary N) is 2. The fourth-order valence-corrected chi connectivity index (χ4v) is 2.89. The van der Waals surface area contributed by atoms with Gasteiger partial charge in [0, 0.05) is 43.9 Å². The van der Waals surface area contributed by atoms with Gasteiger partial charge in [-0.1, -0.05) is 6.07 Å². The van der Waals surface area contributed by atoms with Crippen LogP contribution in [0.4, 0.5) is 15.3 Å². The van der Waals surface area contributed by atoms with E-state index in [4.69, 9.17) is 9.47 Å². The summed E-state index contributed by atoms with van der Waals surface area (Å²) in [7, 11) is 0. The van der Waals surface area contributed by atoms with E-state index in [1.165, 1.54) is 24.3 Å². The van der Waals surface area contributed by atoms with Crippen LogP contribution in [0.3, 0.4) is 0 Å². The summed E-state index contributed by atoms with van der Waals surface area (Å²) in [6.07, 6.45) is 0.802. The lowest BCUT2D eigenvalue weighted by molar-refractivity contribution is -0.384. The van der Waals surface area contributed by atoms with Gasteiger partial charge in [-0.2, -0.15) is 0 Å². The van der Waals surface area contributed by atoms with Crippen LogP contribution in [0.1, 0.15) is 71.2 Å². The molecule has 1 aromatic rings. The van der Waals surface area contributed by atoms with Gasteiger partial charge in [-0.25, -0.2) is 9.59 Å². The summed E-state index contributed by atoms with van der Waals surface area (Å²) >= 11 is 0. The van der Waals surface area contributed by atoms with Crippen LogP contribution >= 0.6 is 0 Å². The smallest absolute Gasteiger partial charge is 0.410 e. The van der Waals surface area contributed by atoms with Crippen LogP contribution in [0, 0.1) is 10.1 Å². The van der Waals surface area contributed by atoms with Gasteiger partial charge in [0.15, 0.2) is 0 Å². The molecule has 1 rings (SSSR count). The summed E-state index contributed by atoms with van der Waals surface area (Å²) < 4.78 is 10.7. The molecule has 0 aromatic heterocycles. The number of carbonyl (C=O) groups is 3. The van der Waals surface area contributed by atoms with Gasteiger partial charge >= 0.3 is 12.2 Å². The highest BCUT2D eigenvalue weighted by atomic mass is 16.6. The van der Waals surface area contributed by atoms with Crippen molar-refractivity contribution in [1.29, 1.82) is 0 Å². The van der Waals surface area contributed by atoms with Crippen LogP contribution < -0.4 is 10.6 Å². The number of nitro groups is 1. The van der Waals surface area contributed by atoms with E-state index in [-0.39, 0.29) is 17.8 Å². The first-order valence-corrected chi connectivity index (χ1v) is 11.7. The van der Waals surface area contributed by atoms with Crippen LogP contribution in [0.5, 0.6) is 0 Å². The second kappa shape index (κ2) is 13.5. The van der Waals surface area contributed by atoms with Crippen molar-refractivity contribution in [2.24, 2.45) is 0 Å². The highest BCUT2D eigenvalue weighted by Crippen LogP contribution is 2.13. The fourth-order valence-electron chi connectivity index (χ4n) is 2.89. The first-order chi connectivity index (χ1) is 16.2. The lowest BCUT2D eigenvalue weighted by Gasteiger charge is -2.27. The minimum absolute atomic E-state index is 0.157. The normalized spacial score (nSPS) is 11.4. The number of alkyl carbamates (subject to hydrolysis) is 1. The Hall–Kier alpha value is -3.37. The van der Waals surface area contributed by atoms with Crippen molar-refractivity contribution in [2.75, 3.05) is 26.2 Å². The van der Waals surface area contributed by atoms with Crippen LogP contribution in [0.2, 0.25) is 0 Å². The second-order valence-electron chi connectivity index (χ2n) is 10.0. The Morgan fingerprint density at radius 1 is 0.914 bits per heavy atom. The molecule has 0 unspecified atom stereocenters. The van der Waals surface area contributed by atoms with Gasteiger partial charge in [0.05, 0.1) is 4.92 Å². The molecule has 35 heavy (non-hydrogen) atoms. The Morgan fingerprint density at radius 3 is 2.11 bits per heavy atom. The molecule has 0 bridgehead atoms. The first-order valence-electron chi connectivity index (χ1n) is 11.7. The number of hydrogen-bond acceptors (Lipinski definition) is 7. The van der Waals surface area contributed by atoms with Gasteiger partial charge in [0.1, 0.15) is 11.2 Å². The summed E-state index contributed by atoms with van der Waals surface area (Å²) in [5, 5.41) is 16.3. The van der Waals surface area contributed by atoms with E-state index in [0.717, 1.165) is 0 Å². The Kier molecular flexibility index (Phi) is 11.4. The molecular formula is C24H38N4O7. The van der Waals surface area contributed by atoms with Gasteiger partial charge in [0.2, 0.25) is 0 Å². The minimum Gasteiger partial charge on any atom is -0.444 e. The third kappa shape index (κ3) is 13.2. The van der Waals surface area contributed by atoms with E-state index in [2.05, 4.69) is 10.6 Å². The number of non-ortho nitro benzene ring substituents is 1.